The van der Waals surface area contributed by atoms with Crippen molar-refractivity contribution in [3.8, 4) is 44.8 Å². The fraction of sp³-hybridized carbons (Fsp3) is 0. The Kier molecular flexibility index (Phi) is 6.53. The first-order chi connectivity index (χ1) is 24.8. The average molecular weight is 637 g/mol. The Balaban J connectivity index is 1.28. The van der Waals surface area contributed by atoms with E-state index in [2.05, 4.69) is 203 Å². The first-order valence-corrected chi connectivity index (χ1v) is 17.2. The van der Waals surface area contributed by atoms with Gasteiger partial charge in [-0.3, -0.25) is 0 Å². The monoisotopic (exact) mass is 636 g/mol. The second-order valence-corrected chi connectivity index (χ2v) is 13.0. The average Bonchev–Trinajstić information content (AvgIpc) is 3.71. The van der Waals surface area contributed by atoms with Crippen molar-refractivity contribution in [2.24, 2.45) is 0 Å². The Morgan fingerprint density at radius 3 is 1.44 bits per heavy atom. The molecule has 10 aromatic rings. The predicted octanol–water partition coefficient (Wildman–Crippen LogP) is 12.9. The van der Waals surface area contributed by atoms with Crippen LogP contribution in [-0.4, -0.2) is 9.13 Å². The van der Waals surface area contributed by atoms with Crippen LogP contribution in [0.2, 0.25) is 0 Å². The fourth-order valence-electron chi connectivity index (χ4n) is 7.85. The summed E-state index contributed by atoms with van der Waals surface area (Å²) in [6.07, 6.45) is 0. The van der Waals surface area contributed by atoms with Crippen molar-refractivity contribution in [3.63, 3.8) is 0 Å². The summed E-state index contributed by atoms with van der Waals surface area (Å²) in [5.41, 5.74) is 14.3. The van der Waals surface area contributed by atoms with Gasteiger partial charge < -0.3 is 9.13 Å². The normalized spacial score (nSPS) is 11.6. The zero-order valence-electron chi connectivity index (χ0n) is 27.4. The lowest BCUT2D eigenvalue weighted by atomic mass is 9.97. The number of fused-ring (bicyclic) bond motifs is 6. The molecule has 0 radical (unpaired) electrons. The van der Waals surface area contributed by atoms with Crippen LogP contribution in [0.1, 0.15) is 0 Å². The molecular weight excluding hydrogens is 605 g/mol. The molecule has 10 rings (SSSR count). The third-order valence-corrected chi connectivity index (χ3v) is 10.1. The molecule has 0 atom stereocenters. The SMILES string of the molecule is c1ccc(-c2cc(-c3ccccc3)cc(-n3c4ccccc4c4cccc(-c5ccc6c7ccccc7n(-c7ccccc7)c6c5)c43)c2)cc1. The van der Waals surface area contributed by atoms with Crippen molar-refractivity contribution < 1.29 is 0 Å². The summed E-state index contributed by atoms with van der Waals surface area (Å²) >= 11 is 0. The summed E-state index contributed by atoms with van der Waals surface area (Å²) in [5, 5.41) is 5.00. The Bertz CT molecular complexity index is 2780. The number of nitrogens with zero attached hydrogens (tertiary/aromatic N) is 2. The van der Waals surface area contributed by atoms with E-state index < -0.39 is 0 Å². The van der Waals surface area contributed by atoms with Crippen molar-refractivity contribution in [2.45, 2.75) is 0 Å². The molecule has 2 heteroatoms. The van der Waals surface area contributed by atoms with Gasteiger partial charge in [0.25, 0.3) is 0 Å². The van der Waals surface area contributed by atoms with E-state index in [0.29, 0.717) is 0 Å². The highest BCUT2D eigenvalue weighted by atomic mass is 15.0. The molecule has 0 aliphatic heterocycles. The van der Waals surface area contributed by atoms with Crippen LogP contribution in [0.25, 0.3) is 88.4 Å². The molecule has 0 aliphatic carbocycles. The van der Waals surface area contributed by atoms with Crippen LogP contribution in [0, 0.1) is 0 Å². The molecule has 0 aliphatic rings. The van der Waals surface area contributed by atoms with Gasteiger partial charge in [-0.1, -0.05) is 146 Å². The number of para-hydroxylation sites is 4. The second-order valence-electron chi connectivity index (χ2n) is 13.0. The molecule has 0 N–H and O–H groups in total. The molecule has 0 fully saturated rings. The molecule has 2 heterocycles. The topological polar surface area (TPSA) is 9.86 Å². The molecule has 8 aromatic carbocycles. The summed E-state index contributed by atoms with van der Waals surface area (Å²) in [6, 6.07) is 70.5. The molecule has 2 nitrogen and oxygen atoms in total. The van der Waals surface area contributed by atoms with E-state index in [1.54, 1.807) is 0 Å². The fourth-order valence-corrected chi connectivity index (χ4v) is 7.85. The molecule has 50 heavy (non-hydrogen) atoms. The Hall–Kier alpha value is -6.64. The highest BCUT2D eigenvalue weighted by Crippen LogP contribution is 2.42. The van der Waals surface area contributed by atoms with Gasteiger partial charge in [0.2, 0.25) is 0 Å². The summed E-state index contributed by atoms with van der Waals surface area (Å²) in [6.45, 7) is 0. The van der Waals surface area contributed by atoms with Gasteiger partial charge in [0, 0.05) is 38.5 Å². The number of rotatable bonds is 5. The van der Waals surface area contributed by atoms with Crippen molar-refractivity contribution >= 4 is 43.6 Å². The van der Waals surface area contributed by atoms with Crippen LogP contribution in [0.3, 0.4) is 0 Å². The van der Waals surface area contributed by atoms with Crippen LogP contribution in [0.5, 0.6) is 0 Å². The maximum atomic E-state index is 2.48. The molecule has 0 saturated heterocycles. The first-order valence-electron chi connectivity index (χ1n) is 17.2. The molecular formula is C48H32N2. The molecule has 234 valence electrons. The van der Waals surface area contributed by atoms with Crippen molar-refractivity contribution in [1.29, 1.82) is 0 Å². The summed E-state index contributed by atoms with van der Waals surface area (Å²) in [5.74, 6) is 0. The highest BCUT2D eigenvalue weighted by molar-refractivity contribution is 6.15. The van der Waals surface area contributed by atoms with Crippen LogP contribution < -0.4 is 0 Å². The van der Waals surface area contributed by atoms with Gasteiger partial charge in [0.05, 0.1) is 22.1 Å². The lowest BCUT2D eigenvalue weighted by molar-refractivity contribution is 1.18. The molecule has 0 bridgehead atoms. The third-order valence-electron chi connectivity index (χ3n) is 10.1. The van der Waals surface area contributed by atoms with Gasteiger partial charge in [-0.15, -0.1) is 0 Å². The minimum atomic E-state index is 1.14. The van der Waals surface area contributed by atoms with E-state index >= 15 is 0 Å². The van der Waals surface area contributed by atoms with Gasteiger partial charge in [-0.25, -0.2) is 0 Å². The molecule has 2 aromatic heterocycles. The standard InChI is InChI=1S/C48H32N2/c1-4-15-33(16-5-1)36-29-37(34-17-6-2-7-18-34)31-39(30-36)50-46-26-13-11-22-42(46)44-24-14-23-40(48(44)50)35-27-28-43-41-21-10-12-25-45(41)49(47(43)32-35)38-19-8-3-9-20-38/h1-32H. The van der Waals surface area contributed by atoms with E-state index in [1.165, 1.54) is 77.0 Å². The van der Waals surface area contributed by atoms with Gasteiger partial charge in [-0.2, -0.15) is 0 Å². The largest absolute Gasteiger partial charge is 0.309 e. The molecule has 0 saturated carbocycles. The van der Waals surface area contributed by atoms with Crippen LogP contribution >= 0.6 is 0 Å². The highest BCUT2D eigenvalue weighted by Gasteiger charge is 2.19. The number of benzene rings is 8. The van der Waals surface area contributed by atoms with Crippen LogP contribution in [0.15, 0.2) is 194 Å². The maximum Gasteiger partial charge on any atom is 0.0619 e. The first kappa shape index (κ1) is 28.4. The zero-order chi connectivity index (χ0) is 33.0. The number of hydrogen-bond acceptors (Lipinski definition) is 0. The van der Waals surface area contributed by atoms with Gasteiger partial charge in [0.1, 0.15) is 0 Å². The van der Waals surface area contributed by atoms with Crippen molar-refractivity contribution in [3.05, 3.63) is 194 Å². The molecule has 0 spiro atoms. The lowest BCUT2D eigenvalue weighted by Gasteiger charge is -2.16. The van der Waals surface area contributed by atoms with Gasteiger partial charge in [-0.05, 0) is 76.3 Å². The maximum absolute atomic E-state index is 2.48. The lowest BCUT2D eigenvalue weighted by Crippen LogP contribution is -1.98. The zero-order valence-corrected chi connectivity index (χ0v) is 27.4. The molecule has 0 unspecified atom stereocenters. The summed E-state index contributed by atoms with van der Waals surface area (Å²) in [4.78, 5) is 0. The van der Waals surface area contributed by atoms with Crippen LogP contribution in [-0.2, 0) is 0 Å². The van der Waals surface area contributed by atoms with Crippen LogP contribution in [0.4, 0.5) is 0 Å². The Morgan fingerprint density at radius 1 is 0.260 bits per heavy atom. The van der Waals surface area contributed by atoms with E-state index in [1.807, 2.05) is 0 Å². The van der Waals surface area contributed by atoms with E-state index in [4.69, 9.17) is 0 Å². The smallest absolute Gasteiger partial charge is 0.0619 e. The van der Waals surface area contributed by atoms with E-state index in [0.717, 1.165) is 11.4 Å². The number of aromatic nitrogens is 2. The van der Waals surface area contributed by atoms with Gasteiger partial charge >= 0.3 is 0 Å². The van der Waals surface area contributed by atoms with E-state index in [9.17, 15) is 0 Å². The number of hydrogen-bond donors (Lipinski definition) is 0. The Morgan fingerprint density at radius 2 is 0.780 bits per heavy atom. The minimum Gasteiger partial charge on any atom is -0.309 e. The third kappa shape index (κ3) is 4.50. The van der Waals surface area contributed by atoms with Gasteiger partial charge in [0.15, 0.2) is 0 Å². The quantitative estimate of drug-likeness (QED) is 0.178. The molecule has 0 amide bonds. The predicted molar refractivity (Wildman–Crippen MR) is 211 cm³/mol. The second kappa shape index (κ2) is 11.5. The summed E-state index contributed by atoms with van der Waals surface area (Å²) < 4.78 is 4.88. The summed E-state index contributed by atoms with van der Waals surface area (Å²) in [7, 11) is 0. The van der Waals surface area contributed by atoms with Crippen molar-refractivity contribution in [1.82, 2.24) is 9.13 Å². The van der Waals surface area contributed by atoms with E-state index in [-0.39, 0.29) is 0 Å². The van der Waals surface area contributed by atoms with Crippen molar-refractivity contribution in [2.75, 3.05) is 0 Å². The Labute approximate surface area is 290 Å². The minimum absolute atomic E-state index is 1.14.